The number of aromatic nitrogens is 2. The van der Waals surface area contributed by atoms with Crippen LogP contribution >= 0.6 is 0 Å². The Bertz CT molecular complexity index is 627. The molecule has 0 aliphatic carbocycles. The normalized spacial score (nSPS) is 11.3. The molecule has 1 amide bonds. The van der Waals surface area contributed by atoms with Gasteiger partial charge < -0.3 is 10.1 Å². The molecule has 2 N–H and O–H groups in total. The zero-order valence-electron chi connectivity index (χ0n) is 12.2. The van der Waals surface area contributed by atoms with Gasteiger partial charge in [-0.1, -0.05) is 18.2 Å². The van der Waals surface area contributed by atoms with Crippen LogP contribution in [0.2, 0.25) is 0 Å². The molecule has 0 fully saturated rings. The maximum atomic E-state index is 12.3. The van der Waals surface area contributed by atoms with Crippen molar-refractivity contribution in [2.24, 2.45) is 0 Å². The number of ether oxygens (including phenoxy) is 1. The molecule has 1 aromatic carbocycles. The smallest absolute Gasteiger partial charge is 0.405 e. The molecule has 1 aromatic heterocycles. The first-order valence-corrected chi connectivity index (χ1v) is 7.02. The molecule has 0 aliphatic rings. The van der Waals surface area contributed by atoms with Crippen molar-refractivity contribution in [2.75, 3.05) is 0 Å². The van der Waals surface area contributed by atoms with E-state index in [1.807, 2.05) is 0 Å². The summed E-state index contributed by atoms with van der Waals surface area (Å²) >= 11 is 0. The molecule has 0 bridgehead atoms. The molecule has 0 aliphatic heterocycles. The summed E-state index contributed by atoms with van der Waals surface area (Å²) in [5.41, 5.74) is 1.27. The Kier molecular flexibility index (Phi) is 5.61. The Labute approximate surface area is 130 Å². The Hall–Kier alpha value is -2.51. The van der Waals surface area contributed by atoms with Crippen LogP contribution in [0, 0.1) is 0 Å². The predicted octanol–water partition coefficient (Wildman–Crippen LogP) is 2.95. The zero-order chi connectivity index (χ0) is 16.7. The summed E-state index contributed by atoms with van der Waals surface area (Å²) in [6, 6.07) is 5.72. The fourth-order valence-corrected chi connectivity index (χ4v) is 2.02. The lowest BCUT2D eigenvalue weighted by molar-refractivity contribution is -0.274. The van der Waals surface area contributed by atoms with Crippen molar-refractivity contribution in [3.05, 3.63) is 47.8 Å². The number of alkyl halides is 3. The predicted molar refractivity (Wildman–Crippen MR) is 76.5 cm³/mol. The number of amides is 1. The lowest BCUT2D eigenvalue weighted by atomic mass is 10.1. The van der Waals surface area contributed by atoms with E-state index in [-0.39, 0.29) is 30.2 Å². The molecule has 124 valence electrons. The molecule has 0 saturated carbocycles. The number of rotatable bonds is 7. The van der Waals surface area contributed by atoms with E-state index in [1.54, 1.807) is 18.5 Å². The number of H-pyrrole nitrogens is 1. The maximum absolute atomic E-state index is 12.3. The van der Waals surface area contributed by atoms with Gasteiger partial charge in [0.15, 0.2) is 0 Å². The number of nitrogens with one attached hydrogen (secondary N) is 2. The van der Waals surface area contributed by atoms with Gasteiger partial charge in [0.25, 0.3) is 0 Å². The number of carbonyl (C=O) groups is 1. The number of nitrogens with zero attached hydrogens (tertiary/aromatic N) is 1. The number of para-hydroxylation sites is 1. The van der Waals surface area contributed by atoms with Gasteiger partial charge in [-0.2, -0.15) is 5.10 Å². The minimum Gasteiger partial charge on any atom is -0.405 e. The zero-order valence-corrected chi connectivity index (χ0v) is 12.2. The fourth-order valence-electron chi connectivity index (χ4n) is 2.02. The molecule has 0 radical (unpaired) electrons. The monoisotopic (exact) mass is 327 g/mol. The molecule has 0 spiro atoms. The number of aromatic amines is 1. The van der Waals surface area contributed by atoms with E-state index in [2.05, 4.69) is 20.3 Å². The Balaban J connectivity index is 1.79. The molecule has 2 aromatic rings. The molecule has 2 rings (SSSR count). The lowest BCUT2D eigenvalue weighted by Gasteiger charge is -2.13. The van der Waals surface area contributed by atoms with Crippen molar-refractivity contribution in [1.82, 2.24) is 15.5 Å². The molecule has 8 heteroatoms. The largest absolute Gasteiger partial charge is 0.573 e. The maximum Gasteiger partial charge on any atom is 0.573 e. The second kappa shape index (κ2) is 7.66. The van der Waals surface area contributed by atoms with Crippen LogP contribution in [-0.2, 0) is 17.8 Å². The van der Waals surface area contributed by atoms with Gasteiger partial charge in [-0.25, -0.2) is 0 Å². The van der Waals surface area contributed by atoms with E-state index in [0.29, 0.717) is 12.8 Å². The highest BCUT2D eigenvalue weighted by molar-refractivity contribution is 5.75. The van der Waals surface area contributed by atoms with E-state index in [4.69, 9.17) is 0 Å². The van der Waals surface area contributed by atoms with Crippen LogP contribution in [0.25, 0.3) is 0 Å². The van der Waals surface area contributed by atoms with Crippen LogP contribution in [0.1, 0.15) is 24.0 Å². The number of aryl methyl sites for hydroxylation is 1. The van der Waals surface area contributed by atoms with Crippen molar-refractivity contribution in [1.29, 1.82) is 0 Å². The van der Waals surface area contributed by atoms with Gasteiger partial charge in [0.1, 0.15) is 5.75 Å². The molecule has 0 unspecified atom stereocenters. The molecular weight excluding hydrogens is 311 g/mol. The van der Waals surface area contributed by atoms with E-state index < -0.39 is 6.36 Å². The average molecular weight is 327 g/mol. The van der Waals surface area contributed by atoms with Crippen molar-refractivity contribution in [3.63, 3.8) is 0 Å². The summed E-state index contributed by atoms with van der Waals surface area (Å²) in [4.78, 5) is 11.7. The van der Waals surface area contributed by atoms with E-state index in [1.165, 1.54) is 18.2 Å². The molecule has 0 atom stereocenters. The van der Waals surface area contributed by atoms with Gasteiger partial charge in [0.2, 0.25) is 5.91 Å². The molecule has 5 nitrogen and oxygen atoms in total. The van der Waals surface area contributed by atoms with Gasteiger partial charge in [-0.15, -0.1) is 13.2 Å². The third-order valence-electron chi connectivity index (χ3n) is 3.10. The van der Waals surface area contributed by atoms with Gasteiger partial charge in [0.05, 0.1) is 6.20 Å². The van der Waals surface area contributed by atoms with Crippen molar-refractivity contribution >= 4 is 5.91 Å². The summed E-state index contributed by atoms with van der Waals surface area (Å²) in [6.45, 7) is -0.0171. The molecule has 0 saturated heterocycles. The van der Waals surface area contributed by atoms with E-state index in [0.717, 1.165) is 5.56 Å². The number of benzene rings is 1. The topological polar surface area (TPSA) is 67.0 Å². The summed E-state index contributed by atoms with van der Waals surface area (Å²) in [5.74, 6) is -0.533. The van der Waals surface area contributed by atoms with Crippen LogP contribution in [0.15, 0.2) is 36.7 Å². The number of carbonyl (C=O) groups excluding carboxylic acids is 1. The van der Waals surface area contributed by atoms with Crippen LogP contribution in [0.5, 0.6) is 5.75 Å². The lowest BCUT2D eigenvalue weighted by Crippen LogP contribution is -2.24. The Morgan fingerprint density at radius 2 is 2.09 bits per heavy atom. The SMILES string of the molecule is O=C(CCCc1cn[nH]c1)NCc1ccccc1OC(F)(F)F. The number of halogens is 3. The standard InChI is InChI=1S/C15H16F3N3O2/c16-15(17,18)23-13-6-2-1-5-12(13)10-19-14(22)7-3-4-11-8-20-21-9-11/h1-2,5-6,8-9H,3-4,7,10H2,(H,19,22)(H,20,21). The summed E-state index contributed by atoms with van der Waals surface area (Å²) in [5, 5.41) is 9.08. The van der Waals surface area contributed by atoms with E-state index in [9.17, 15) is 18.0 Å². The van der Waals surface area contributed by atoms with Crippen molar-refractivity contribution < 1.29 is 22.7 Å². The van der Waals surface area contributed by atoms with Crippen molar-refractivity contribution in [2.45, 2.75) is 32.2 Å². The highest BCUT2D eigenvalue weighted by Crippen LogP contribution is 2.26. The highest BCUT2D eigenvalue weighted by atomic mass is 19.4. The second-order valence-electron chi connectivity index (χ2n) is 4.89. The van der Waals surface area contributed by atoms with Crippen LogP contribution in [0.4, 0.5) is 13.2 Å². The molecule has 23 heavy (non-hydrogen) atoms. The highest BCUT2D eigenvalue weighted by Gasteiger charge is 2.31. The molecular formula is C15H16F3N3O2. The Morgan fingerprint density at radius 3 is 2.78 bits per heavy atom. The summed E-state index contributed by atoms with van der Waals surface area (Å²) in [7, 11) is 0. The van der Waals surface area contributed by atoms with Gasteiger partial charge in [-0.05, 0) is 24.5 Å². The van der Waals surface area contributed by atoms with Crippen LogP contribution < -0.4 is 10.1 Å². The van der Waals surface area contributed by atoms with Gasteiger partial charge >= 0.3 is 6.36 Å². The first kappa shape index (κ1) is 16.9. The quantitative estimate of drug-likeness (QED) is 0.822. The first-order valence-electron chi connectivity index (χ1n) is 7.02. The van der Waals surface area contributed by atoms with Gasteiger partial charge in [-0.3, -0.25) is 9.89 Å². The average Bonchev–Trinajstić information content (AvgIpc) is 2.98. The number of hydrogen-bond donors (Lipinski definition) is 2. The first-order chi connectivity index (χ1) is 10.9. The van der Waals surface area contributed by atoms with Gasteiger partial charge in [0, 0.05) is 24.7 Å². The molecule has 1 heterocycles. The van der Waals surface area contributed by atoms with Crippen LogP contribution in [0.3, 0.4) is 0 Å². The second-order valence-corrected chi connectivity index (χ2v) is 4.89. The fraction of sp³-hybridized carbons (Fsp3) is 0.333. The van der Waals surface area contributed by atoms with Crippen molar-refractivity contribution in [3.8, 4) is 5.75 Å². The third-order valence-corrected chi connectivity index (χ3v) is 3.10. The third kappa shape index (κ3) is 6.01. The van der Waals surface area contributed by atoms with Crippen LogP contribution in [-0.4, -0.2) is 22.5 Å². The minimum atomic E-state index is -4.76. The number of hydrogen-bond acceptors (Lipinski definition) is 3. The minimum absolute atomic E-state index is 0.0171. The summed E-state index contributed by atoms with van der Waals surface area (Å²) < 4.78 is 40.8. The Morgan fingerprint density at radius 1 is 1.30 bits per heavy atom. The van der Waals surface area contributed by atoms with E-state index >= 15 is 0 Å². The summed E-state index contributed by atoms with van der Waals surface area (Å²) in [6.07, 6.45) is 0.299.